The van der Waals surface area contributed by atoms with Gasteiger partial charge in [0.25, 0.3) is 5.91 Å². The Morgan fingerprint density at radius 1 is 0.771 bits per heavy atom. The van der Waals surface area contributed by atoms with E-state index in [1.54, 1.807) is 20.8 Å². The second kappa shape index (κ2) is 19.7. The van der Waals surface area contributed by atoms with Gasteiger partial charge in [-0.05, 0) is 93.4 Å². The number of rotatable bonds is 19. The van der Waals surface area contributed by atoms with Crippen molar-refractivity contribution in [3.63, 3.8) is 0 Å². The van der Waals surface area contributed by atoms with E-state index in [1.165, 1.54) is 22.3 Å². The van der Waals surface area contributed by atoms with E-state index >= 15 is 0 Å². The van der Waals surface area contributed by atoms with Gasteiger partial charge in [0.05, 0.1) is 19.8 Å². The maximum Gasteiger partial charge on any atom is 0.343 e. The van der Waals surface area contributed by atoms with Crippen molar-refractivity contribution in [3.8, 4) is 0 Å². The Balaban J connectivity index is 4.39. The minimum Gasteiger partial charge on any atom is -0.308 e. The smallest absolute Gasteiger partial charge is 0.308 e. The Morgan fingerprint density at radius 3 is 1.66 bits per heavy atom. The Labute approximate surface area is 214 Å². The molecule has 1 unspecified atom stereocenters. The highest BCUT2D eigenvalue weighted by Gasteiger charge is 2.39. The molecule has 0 aromatic rings. The maximum atomic E-state index is 12.9. The Morgan fingerprint density at radius 2 is 1.23 bits per heavy atom. The van der Waals surface area contributed by atoms with E-state index in [0.29, 0.717) is 6.42 Å². The molecule has 0 saturated heterocycles. The van der Waals surface area contributed by atoms with Gasteiger partial charge in [0.15, 0.2) is 0 Å². The second-order valence-electron chi connectivity index (χ2n) is 9.13. The van der Waals surface area contributed by atoms with Gasteiger partial charge in [-0.3, -0.25) is 14.2 Å². The van der Waals surface area contributed by atoms with Gasteiger partial charge in [0.2, 0.25) is 0 Å². The number of nitrogens with one attached hydrogen (secondary N) is 1. The van der Waals surface area contributed by atoms with Crippen molar-refractivity contribution in [3.05, 3.63) is 46.6 Å². The van der Waals surface area contributed by atoms with Crippen molar-refractivity contribution in [2.75, 3.05) is 19.8 Å². The van der Waals surface area contributed by atoms with Crippen LogP contribution in [-0.2, 0) is 23.2 Å². The maximum absolute atomic E-state index is 12.9. The minimum absolute atomic E-state index is 0.213. The number of carbonyl (C=O) groups is 1. The summed E-state index contributed by atoms with van der Waals surface area (Å²) in [6.45, 7) is 16.7. The first kappa shape index (κ1) is 33.5. The van der Waals surface area contributed by atoms with E-state index in [9.17, 15) is 9.36 Å². The van der Waals surface area contributed by atoms with E-state index in [4.69, 9.17) is 13.9 Å². The molecular weight excluding hydrogens is 461 g/mol. The summed E-state index contributed by atoms with van der Waals surface area (Å²) in [6, 6.07) is 0. The molecule has 0 fully saturated rings. The molecule has 7 heteroatoms. The molecule has 0 spiro atoms. The third kappa shape index (κ3) is 16.0. The molecule has 0 heterocycles. The summed E-state index contributed by atoms with van der Waals surface area (Å²) in [6.07, 6.45) is 15.6. The minimum atomic E-state index is -3.52. The molecule has 1 amide bonds. The zero-order valence-corrected chi connectivity index (χ0v) is 24.3. The Hall–Kier alpha value is -1.46. The van der Waals surface area contributed by atoms with Crippen molar-refractivity contribution in [2.45, 2.75) is 106 Å². The number of hydroxylamine groups is 1. The fourth-order valence-electron chi connectivity index (χ4n) is 3.48. The Kier molecular flexibility index (Phi) is 18.9. The van der Waals surface area contributed by atoms with Crippen LogP contribution < -0.4 is 5.48 Å². The van der Waals surface area contributed by atoms with Crippen LogP contribution in [0.25, 0.3) is 0 Å². The number of amides is 1. The first-order chi connectivity index (χ1) is 16.6. The molecule has 0 rings (SSSR count). The molecule has 35 heavy (non-hydrogen) atoms. The van der Waals surface area contributed by atoms with Crippen molar-refractivity contribution in [1.29, 1.82) is 0 Å². The molecule has 202 valence electrons. The van der Waals surface area contributed by atoms with Crippen LogP contribution in [0.15, 0.2) is 46.6 Å². The molecule has 0 aliphatic rings. The first-order valence-corrected chi connectivity index (χ1v) is 14.6. The summed E-state index contributed by atoms with van der Waals surface area (Å²) in [7, 11) is -3.52. The molecule has 0 saturated carbocycles. The van der Waals surface area contributed by atoms with E-state index < -0.39 is 19.2 Å². The predicted octanol–water partition coefficient (Wildman–Crippen LogP) is 8.22. The standard InChI is InChI=1S/C28H50NO5P/c1-9-27(35(31,33-10-2)34-11-3)28(30)29-32-22-21-26(8)20-14-19-25(7)18-13-17-24(6)16-12-15-23(4)5/h15,17,19,21,27H,9-14,16,18,20,22H2,1-8H3,(H,29,30)/b24-17+,25-19+,26-21+. The van der Waals surface area contributed by atoms with Crippen LogP contribution in [0.3, 0.4) is 0 Å². The highest BCUT2D eigenvalue weighted by molar-refractivity contribution is 7.55. The Bertz CT molecular complexity index is 768. The lowest BCUT2D eigenvalue weighted by molar-refractivity contribution is -0.132. The van der Waals surface area contributed by atoms with Gasteiger partial charge in [0, 0.05) is 0 Å². The lowest BCUT2D eigenvalue weighted by Crippen LogP contribution is -2.35. The van der Waals surface area contributed by atoms with Gasteiger partial charge in [-0.1, -0.05) is 53.5 Å². The van der Waals surface area contributed by atoms with Gasteiger partial charge in [0.1, 0.15) is 5.66 Å². The second-order valence-corrected chi connectivity index (χ2v) is 11.3. The molecular formula is C28H50NO5P. The van der Waals surface area contributed by atoms with Crippen molar-refractivity contribution < 1.29 is 23.2 Å². The fourth-order valence-corrected chi connectivity index (χ4v) is 5.42. The van der Waals surface area contributed by atoms with E-state index in [-0.39, 0.29) is 19.8 Å². The molecule has 1 N–H and O–H groups in total. The SMILES string of the molecule is CCOP(=O)(OCC)C(CC)C(=O)NOC/C=C(\C)CC/C=C(\C)CC/C=C(\C)CCC=C(C)C. The average molecular weight is 512 g/mol. The average Bonchev–Trinajstić information content (AvgIpc) is 2.77. The van der Waals surface area contributed by atoms with Crippen molar-refractivity contribution in [2.24, 2.45) is 0 Å². The van der Waals surface area contributed by atoms with Crippen LogP contribution in [0.1, 0.15) is 100 Å². The van der Waals surface area contributed by atoms with Crippen LogP contribution in [-0.4, -0.2) is 31.4 Å². The third-order valence-electron chi connectivity index (χ3n) is 5.53. The molecule has 0 aromatic carbocycles. The topological polar surface area (TPSA) is 73.9 Å². The summed E-state index contributed by atoms with van der Waals surface area (Å²) in [5, 5.41) is 0. The number of carbonyl (C=O) groups excluding carboxylic acids is 1. The molecule has 0 aromatic heterocycles. The summed E-state index contributed by atoms with van der Waals surface area (Å²) >= 11 is 0. The number of hydrogen-bond donors (Lipinski definition) is 1. The molecule has 0 radical (unpaired) electrons. The summed E-state index contributed by atoms with van der Waals surface area (Å²) in [4.78, 5) is 17.8. The predicted molar refractivity (Wildman–Crippen MR) is 147 cm³/mol. The summed E-state index contributed by atoms with van der Waals surface area (Å²) < 4.78 is 23.5. The van der Waals surface area contributed by atoms with Gasteiger partial charge >= 0.3 is 7.60 Å². The zero-order chi connectivity index (χ0) is 26.7. The van der Waals surface area contributed by atoms with Crippen LogP contribution in [0.2, 0.25) is 0 Å². The van der Waals surface area contributed by atoms with Crippen molar-refractivity contribution in [1.82, 2.24) is 5.48 Å². The van der Waals surface area contributed by atoms with Gasteiger partial charge in [-0.15, -0.1) is 0 Å². The van der Waals surface area contributed by atoms with Crippen molar-refractivity contribution >= 4 is 13.5 Å². The highest BCUT2D eigenvalue weighted by atomic mass is 31.2. The zero-order valence-electron chi connectivity index (χ0n) is 23.4. The summed E-state index contributed by atoms with van der Waals surface area (Å²) in [5.41, 5.74) is 6.96. The molecule has 0 aliphatic carbocycles. The lowest BCUT2D eigenvalue weighted by atomic mass is 10.0. The van der Waals surface area contributed by atoms with E-state index in [0.717, 1.165) is 38.5 Å². The highest BCUT2D eigenvalue weighted by Crippen LogP contribution is 2.54. The van der Waals surface area contributed by atoms with Gasteiger partial charge in [-0.2, -0.15) is 0 Å². The largest absolute Gasteiger partial charge is 0.343 e. The lowest BCUT2D eigenvalue weighted by Gasteiger charge is -2.24. The van der Waals surface area contributed by atoms with E-state index in [1.807, 2.05) is 6.08 Å². The fraction of sp³-hybridized carbons (Fsp3) is 0.679. The quantitative estimate of drug-likeness (QED) is 0.0818. The molecule has 1 atom stereocenters. The molecule has 6 nitrogen and oxygen atoms in total. The summed E-state index contributed by atoms with van der Waals surface area (Å²) in [5.74, 6) is -0.483. The van der Waals surface area contributed by atoms with Crippen LogP contribution in [0, 0.1) is 0 Å². The monoisotopic (exact) mass is 511 g/mol. The van der Waals surface area contributed by atoms with Crippen LogP contribution >= 0.6 is 7.60 Å². The first-order valence-electron chi connectivity index (χ1n) is 13.0. The van der Waals surface area contributed by atoms with Gasteiger partial charge in [-0.25, -0.2) is 5.48 Å². The van der Waals surface area contributed by atoms with E-state index in [2.05, 4.69) is 58.3 Å². The molecule has 0 bridgehead atoms. The number of allylic oxidation sites excluding steroid dienone is 7. The van der Waals surface area contributed by atoms with Crippen LogP contribution in [0.4, 0.5) is 0 Å². The van der Waals surface area contributed by atoms with Crippen LogP contribution in [0.5, 0.6) is 0 Å². The molecule has 0 aliphatic heterocycles. The van der Waals surface area contributed by atoms with Gasteiger partial charge < -0.3 is 9.05 Å². The normalized spacial score (nSPS) is 14.1. The third-order valence-corrected chi connectivity index (χ3v) is 8.13. The number of hydrogen-bond acceptors (Lipinski definition) is 5.